The van der Waals surface area contributed by atoms with Crippen molar-refractivity contribution >= 4 is 15.9 Å². The zero-order valence-corrected chi connectivity index (χ0v) is 13.4. The SMILES string of the molecule is COc1ccc(C(NN)C2CCOCC2)c(OC)c1Br. The first kappa shape index (κ1) is 15.6. The number of rotatable bonds is 5. The summed E-state index contributed by atoms with van der Waals surface area (Å²) in [6.45, 7) is 1.56. The molecule has 1 unspecified atom stereocenters. The zero-order chi connectivity index (χ0) is 14.5. The van der Waals surface area contributed by atoms with Gasteiger partial charge in [-0.15, -0.1) is 0 Å². The van der Waals surface area contributed by atoms with E-state index in [1.807, 2.05) is 12.1 Å². The third-order valence-corrected chi connectivity index (χ3v) is 4.52. The minimum Gasteiger partial charge on any atom is -0.495 e. The molecule has 0 radical (unpaired) electrons. The first-order chi connectivity index (χ1) is 9.72. The highest BCUT2D eigenvalue weighted by atomic mass is 79.9. The largest absolute Gasteiger partial charge is 0.495 e. The van der Waals surface area contributed by atoms with Crippen molar-refractivity contribution in [3.8, 4) is 11.5 Å². The lowest BCUT2D eigenvalue weighted by molar-refractivity contribution is 0.0533. The molecule has 1 saturated heterocycles. The Morgan fingerprint density at radius 1 is 1.30 bits per heavy atom. The Kier molecular flexibility index (Phi) is 5.65. The molecule has 5 nitrogen and oxygen atoms in total. The highest BCUT2D eigenvalue weighted by molar-refractivity contribution is 9.10. The molecule has 6 heteroatoms. The zero-order valence-electron chi connectivity index (χ0n) is 11.8. The molecule has 3 N–H and O–H groups in total. The van der Waals surface area contributed by atoms with E-state index >= 15 is 0 Å². The summed E-state index contributed by atoms with van der Waals surface area (Å²) in [4.78, 5) is 0. The van der Waals surface area contributed by atoms with Gasteiger partial charge in [0.1, 0.15) is 16.0 Å². The fourth-order valence-electron chi connectivity index (χ4n) is 2.69. The molecule has 20 heavy (non-hydrogen) atoms. The molecule has 0 aliphatic carbocycles. The second-order valence-electron chi connectivity index (χ2n) is 4.80. The van der Waals surface area contributed by atoms with Crippen LogP contribution in [0.25, 0.3) is 0 Å². The van der Waals surface area contributed by atoms with Gasteiger partial charge in [0.25, 0.3) is 0 Å². The Labute approximate surface area is 127 Å². The smallest absolute Gasteiger partial charge is 0.141 e. The Bertz CT molecular complexity index is 450. The van der Waals surface area contributed by atoms with Crippen molar-refractivity contribution in [1.82, 2.24) is 5.43 Å². The van der Waals surface area contributed by atoms with E-state index in [9.17, 15) is 0 Å². The Morgan fingerprint density at radius 2 is 2.00 bits per heavy atom. The number of nitrogens with two attached hydrogens (primary N) is 1. The molecule has 0 spiro atoms. The van der Waals surface area contributed by atoms with Crippen molar-refractivity contribution in [3.05, 3.63) is 22.2 Å². The summed E-state index contributed by atoms with van der Waals surface area (Å²) in [6.07, 6.45) is 1.98. The summed E-state index contributed by atoms with van der Waals surface area (Å²) in [5, 5.41) is 0. The average molecular weight is 345 g/mol. The van der Waals surface area contributed by atoms with Gasteiger partial charge in [0, 0.05) is 18.8 Å². The normalized spacial score (nSPS) is 17.8. The van der Waals surface area contributed by atoms with Crippen LogP contribution < -0.4 is 20.7 Å². The lowest BCUT2D eigenvalue weighted by atomic mass is 9.87. The molecular formula is C14H21BrN2O3. The minimum atomic E-state index is 0.0380. The van der Waals surface area contributed by atoms with Crippen LogP contribution in [-0.2, 0) is 4.74 Å². The summed E-state index contributed by atoms with van der Waals surface area (Å²) in [7, 11) is 3.29. The predicted octanol–water partition coefficient (Wildman–Crippen LogP) is 2.40. The Morgan fingerprint density at radius 3 is 2.55 bits per heavy atom. The maximum atomic E-state index is 5.79. The van der Waals surface area contributed by atoms with Crippen molar-refractivity contribution in [1.29, 1.82) is 0 Å². The van der Waals surface area contributed by atoms with Gasteiger partial charge < -0.3 is 14.2 Å². The van der Waals surface area contributed by atoms with Crippen LogP contribution in [0.1, 0.15) is 24.4 Å². The molecule has 1 heterocycles. The van der Waals surface area contributed by atoms with E-state index in [1.54, 1.807) is 14.2 Å². The van der Waals surface area contributed by atoms with Gasteiger partial charge in [0.05, 0.1) is 20.3 Å². The lowest BCUT2D eigenvalue weighted by Gasteiger charge is -2.31. The van der Waals surface area contributed by atoms with E-state index in [2.05, 4.69) is 21.4 Å². The third kappa shape index (κ3) is 3.09. The van der Waals surface area contributed by atoms with Crippen LogP contribution in [0.5, 0.6) is 11.5 Å². The number of halogens is 1. The molecule has 1 aromatic rings. The quantitative estimate of drug-likeness (QED) is 0.634. The summed E-state index contributed by atoms with van der Waals surface area (Å²) in [5.74, 6) is 7.73. The van der Waals surface area contributed by atoms with Crippen LogP contribution in [0.3, 0.4) is 0 Å². The topological polar surface area (TPSA) is 65.7 Å². The molecule has 112 valence electrons. The molecule has 0 aromatic heterocycles. The minimum absolute atomic E-state index is 0.0380. The highest BCUT2D eigenvalue weighted by Crippen LogP contribution is 2.42. The number of hydrogen-bond acceptors (Lipinski definition) is 5. The van der Waals surface area contributed by atoms with Crippen LogP contribution in [0, 0.1) is 5.92 Å². The fourth-order valence-corrected chi connectivity index (χ4v) is 3.38. The summed E-state index contributed by atoms with van der Waals surface area (Å²) < 4.78 is 17.1. The second kappa shape index (κ2) is 7.26. The van der Waals surface area contributed by atoms with Crippen LogP contribution in [0.2, 0.25) is 0 Å². The maximum absolute atomic E-state index is 5.79. The number of hydrogen-bond donors (Lipinski definition) is 2. The van der Waals surface area contributed by atoms with E-state index in [0.29, 0.717) is 5.92 Å². The van der Waals surface area contributed by atoms with Gasteiger partial charge in [-0.25, -0.2) is 0 Å². The van der Waals surface area contributed by atoms with Gasteiger partial charge in [-0.3, -0.25) is 11.3 Å². The molecule has 0 bridgehead atoms. The number of benzene rings is 1. The van der Waals surface area contributed by atoms with Crippen LogP contribution in [-0.4, -0.2) is 27.4 Å². The second-order valence-corrected chi connectivity index (χ2v) is 5.59. The summed E-state index contributed by atoms with van der Waals surface area (Å²) in [6, 6.07) is 3.96. The van der Waals surface area contributed by atoms with E-state index in [0.717, 1.165) is 47.6 Å². The lowest BCUT2D eigenvalue weighted by Crippen LogP contribution is -2.36. The molecule has 0 amide bonds. The molecule has 1 fully saturated rings. The Balaban J connectivity index is 2.35. The van der Waals surface area contributed by atoms with Crippen molar-refractivity contribution in [2.24, 2.45) is 11.8 Å². The third-order valence-electron chi connectivity index (χ3n) is 3.77. The summed E-state index contributed by atoms with van der Waals surface area (Å²) in [5.41, 5.74) is 3.97. The molecule has 1 aromatic carbocycles. The van der Waals surface area contributed by atoms with E-state index < -0.39 is 0 Å². The van der Waals surface area contributed by atoms with Crippen molar-refractivity contribution in [2.45, 2.75) is 18.9 Å². The van der Waals surface area contributed by atoms with Crippen molar-refractivity contribution in [2.75, 3.05) is 27.4 Å². The van der Waals surface area contributed by atoms with Gasteiger partial charge in [-0.05, 0) is 46.8 Å². The average Bonchev–Trinajstić information content (AvgIpc) is 2.49. The molecule has 1 aliphatic heterocycles. The van der Waals surface area contributed by atoms with Crippen molar-refractivity contribution in [3.63, 3.8) is 0 Å². The first-order valence-corrected chi connectivity index (χ1v) is 7.46. The van der Waals surface area contributed by atoms with E-state index in [4.69, 9.17) is 20.1 Å². The van der Waals surface area contributed by atoms with E-state index in [-0.39, 0.29) is 6.04 Å². The van der Waals surface area contributed by atoms with Gasteiger partial charge in [-0.1, -0.05) is 0 Å². The van der Waals surface area contributed by atoms with Crippen LogP contribution >= 0.6 is 15.9 Å². The molecule has 1 aliphatic rings. The first-order valence-electron chi connectivity index (χ1n) is 6.67. The number of ether oxygens (including phenoxy) is 3. The van der Waals surface area contributed by atoms with Gasteiger partial charge in [0.15, 0.2) is 0 Å². The Hall–Kier alpha value is -0.820. The number of methoxy groups -OCH3 is 2. The van der Waals surface area contributed by atoms with Crippen LogP contribution in [0.4, 0.5) is 0 Å². The molecule has 1 atom stereocenters. The molecular weight excluding hydrogens is 324 g/mol. The van der Waals surface area contributed by atoms with Gasteiger partial charge in [0.2, 0.25) is 0 Å². The van der Waals surface area contributed by atoms with Crippen molar-refractivity contribution < 1.29 is 14.2 Å². The van der Waals surface area contributed by atoms with Gasteiger partial charge >= 0.3 is 0 Å². The fraction of sp³-hybridized carbons (Fsp3) is 0.571. The number of hydrazine groups is 1. The standard InChI is InChI=1S/C14H21BrN2O3/c1-18-11-4-3-10(14(19-2)12(11)15)13(17-16)9-5-7-20-8-6-9/h3-4,9,13,17H,5-8,16H2,1-2H3. The summed E-state index contributed by atoms with van der Waals surface area (Å²) >= 11 is 3.53. The number of nitrogens with one attached hydrogen (secondary N) is 1. The maximum Gasteiger partial charge on any atom is 0.141 e. The highest BCUT2D eigenvalue weighted by Gasteiger charge is 2.28. The van der Waals surface area contributed by atoms with E-state index in [1.165, 1.54) is 0 Å². The molecule has 2 rings (SSSR count). The van der Waals surface area contributed by atoms with Crippen LogP contribution in [0.15, 0.2) is 16.6 Å². The molecule has 0 saturated carbocycles. The monoisotopic (exact) mass is 344 g/mol. The van der Waals surface area contributed by atoms with Gasteiger partial charge in [-0.2, -0.15) is 0 Å². The predicted molar refractivity (Wildman–Crippen MR) is 80.9 cm³/mol.